The molecule has 0 unspecified atom stereocenters. The molecule has 0 saturated carbocycles. The van der Waals surface area contributed by atoms with Gasteiger partial charge in [0.1, 0.15) is 4.88 Å². The quantitative estimate of drug-likeness (QED) is 0.236. The number of carbonyl (C=O) groups is 1. The molecule has 4 aromatic rings. The molecule has 0 fully saturated rings. The van der Waals surface area contributed by atoms with Crippen LogP contribution in [0.2, 0.25) is 0 Å². The highest BCUT2D eigenvalue weighted by atomic mass is 32.2. The van der Waals surface area contributed by atoms with Gasteiger partial charge in [0.15, 0.2) is 5.16 Å². The van der Waals surface area contributed by atoms with Gasteiger partial charge in [0.2, 0.25) is 0 Å². The average Bonchev–Trinajstić information content (AvgIpc) is 3.34. The van der Waals surface area contributed by atoms with Crippen LogP contribution < -0.4 is 5.56 Å². The van der Waals surface area contributed by atoms with E-state index in [1.165, 1.54) is 23.1 Å². The number of hydrogen-bond donors (Lipinski definition) is 1. The summed E-state index contributed by atoms with van der Waals surface area (Å²) in [5.74, 6) is 0.184. The van der Waals surface area contributed by atoms with E-state index in [0.29, 0.717) is 46.3 Å². The molecule has 0 aliphatic heterocycles. The van der Waals surface area contributed by atoms with Crippen LogP contribution in [0.15, 0.2) is 45.7 Å². The number of carbonyl (C=O) groups excluding carboxylic acids is 1. The van der Waals surface area contributed by atoms with E-state index in [4.69, 9.17) is 9.72 Å². The molecular weight excluding hydrogens is 440 g/mol. The third-order valence-electron chi connectivity index (χ3n) is 4.56. The largest absolute Gasteiger partial charge is 0.462 e. The zero-order valence-electron chi connectivity index (χ0n) is 16.3. The number of rotatable bonds is 8. The highest BCUT2D eigenvalue weighted by molar-refractivity contribution is 7.98. The lowest BCUT2D eigenvalue weighted by Gasteiger charge is -2.13. The summed E-state index contributed by atoms with van der Waals surface area (Å²) in [5.41, 5.74) is 1.45. The molecule has 0 radical (unpaired) electrons. The van der Waals surface area contributed by atoms with Crippen LogP contribution in [-0.2, 0) is 17.0 Å². The van der Waals surface area contributed by atoms with Gasteiger partial charge < -0.3 is 9.84 Å². The number of aliphatic hydroxyl groups excluding tert-OH is 1. The van der Waals surface area contributed by atoms with Crippen molar-refractivity contribution in [2.24, 2.45) is 0 Å². The van der Waals surface area contributed by atoms with E-state index in [2.05, 4.69) is 0 Å². The Morgan fingerprint density at radius 1 is 1.30 bits per heavy atom. The Kier molecular flexibility index (Phi) is 6.52. The van der Waals surface area contributed by atoms with Crippen molar-refractivity contribution in [3.05, 3.63) is 56.5 Å². The first kappa shape index (κ1) is 21.0. The van der Waals surface area contributed by atoms with Crippen LogP contribution in [0, 0.1) is 0 Å². The monoisotopic (exact) mass is 460 g/mol. The maximum absolute atomic E-state index is 13.0. The molecule has 4 rings (SSSR count). The molecule has 156 valence electrons. The minimum atomic E-state index is -0.314. The van der Waals surface area contributed by atoms with Crippen molar-refractivity contribution in [1.82, 2.24) is 9.55 Å². The van der Waals surface area contributed by atoms with E-state index in [-0.39, 0.29) is 18.1 Å². The number of hydrogen-bond acceptors (Lipinski definition) is 8. The summed E-state index contributed by atoms with van der Waals surface area (Å²) in [5, 5.41) is 12.4. The van der Waals surface area contributed by atoms with Gasteiger partial charge in [0, 0.05) is 33.9 Å². The highest BCUT2D eigenvalue weighted by Crippen LogP contribution is 2.39. The topological polar surface area (TPSA) is 81.4 Å². The van der Waals surface area contributed by atoms with Gasteiger partial charge in [-0.25, -0.2) is 9.78 Å². The van der Waals surface area contributed by atoms with Gasteiger partial charge in [-0.2, -0.15) is 0 Å². The number of para-hydroxylation sites is 1. The number of esters is 1. The van der Waals surface area contributed by atoms with Crippen LogP contribution in [0.25, 0.3) is 20.3 Å². The van der Waals surface area contributed by atoms with E-state index >= 15 is 0 Å². The van der Waals surface area contributed by atoms with Crippen LogP contribution in [0.4, 0.5) is 0 Å². The fourth-order valence-electron chi connectivity index (χ4n) is 3.19. The van der Waals surface area contributed by atoms with Crippen LogP contribution in [-0.4, -0.2) is 33.8 Å². The predicted octanol–water partition coefficient (Wildman–Crippen LogP) is 4.52. The van der Waals surface area contributed by atoms with Crippen LogP contribution >= 0.6 is 34.4 Å². The van der Waals surface area contributed by atoms with Crippen LogP contribution in [0.1, 0.15) is 28.6 Å². The number of nitrogens with zero attached hydrogens (tertiary/aromatic N) is 2. The maximum atomic E-state index is 13.0. The summed E-state index contributed by atoms with van der Waals surface area (Å²) in [4.78, 5) is 30.8. The molecule has 1 N–H and O–H groups in total. The second-order valence-electron chi connectivity index (χ2n) is 6.48. The Labute approximate surface area is 185 Å². The summed E-state index contributed by atoms with van der Waals surface area (Å²) in [7, 11) is 0. The molecule has 0 bridgehead atoms. The summed E-state index contributed by atoms with van der Waals surface area (Å²) < 4.78 is 8.99. The summed E-state index contributed by atoms with van der Waals surface area (Å²) >= 11 is 4.46. The van der Waals surface area contributed by atoms with Crippen molar-refractivity contribution in [1.29, 1.82) is 0 Å². The summed E-state index contributed by atoms with van der Waals surface area (Å²) in [6.07, 6.45) is 0.467. The van der Waals surface area contributed by atoms with Crippen molar-refractivity contribution < 1.29 is 14.6 Å². The molecule has 0 saturated heterocycles. The van der Waals surface area contributed by atoms with Gasteiger partial charge >= 0.3 is 5.97 Å². The normalized spacial score (nSPS) is 11.4. The van der Waals surface area contributed by atoms with E-state index in [9.17, 15) is 14.7 Å². The standard InChI is InChI=1S/C21H20N2O4S3/c1-2-27-20(26)18-14(17-16(30-18)8-11-28-17)12-29-21-22-15-7-4-3-6-13(15)19(25)23(21)9-5-10-24/h3-4,6-8,11,24H,2,5,9-10,12H2,1H3. The second kappa shape index (κ2) is 9.30. The first-order valence-corrected chi connectivity index (χ1v) is 12.2. The van der Waals surface area contributed by atoms with Gasteiger partial charge in [0.25, 0.3) is 5.56 Å². The second-order valence-corrected chi connectivity index (χ2v) is 9.39. The highest BCUT2D eigenvalue weighted by Gasteiger charge is 2.21. The molecule has 3 aromatic heterocycles. The van der Waals surface area contributed by atoms with Crippen molar-refractivity contribution in [3.8, 4) is 0 Å². The van der Waals surface area contributed by atoms with Crippen LogP contribution in [0.3, 0.4) is 0 Å². The first-order chi connectivity index (χ1) is 14.6. The third-order valence-corrected chi connectivity index (χ3v) is 7.85. The number of benzene rings is 1. The zero-order valence-corrected chi connectivity index (χ0v) is 18.7. The Hall–Kier alpha value is -2.20. The van der Waals surface area contributed by atoms with Crippen molar-refractivity contribution in [2.45, 2.75) is 30.8 Å². The zero-order chi connectivity index (χ0) is 21.1. The molecule has 30 heavy (non-hydrogen) atoms. The predicted molar refractivity (Wildman–Crippen MR) is 123 cm³/mol. The first-order valence-electron chi connectivity index (χ1n) is 9.53. The van der Waals surface area contributed by atoms with Gasteiger partial charge in [-0.15, -0.1) is 22.7 Å². The number of aromatic nitrogens is 2. The lowest BCUT2D eigenvalue weighted by Crippen LogP contribution is -2.24. The number of aliphatic hydroxyl groups is 1. The number of thioether (sulfide) groups is 1. The van der Waals surface area contributed by atoms with Crippen molar-refractivity contribution >= 4 is 60.7 Å². The SMILES string of the molecule is CCOC(=O)c1sc2ccsc2c1CSc1nc2ccccc2c(=O)n1CCCO. The van der Waals surface area contributed by atoms with Gasteiger partial charge in [-0.3, -0.25) is 9.36 Å². The number of fused-ring (bicyclic) bond motifs is 2. The molecule has 6 nitrogen and oxygen atoms in total. The number of thiophene rings is 2. The lowest BCUT2D eigenvalue weighted by molar-refractivity contribution is 0.0531. The van der Waals surface area contributed by atoms with Gasteiger partial charge in [-0.05, 0) is 36.9 Å². The Morgan fingerprint density at radius 3 is 2.93 bits per heavy atom. The van der Waals surface area contributed by atoms with E-state index in [1.54, 1.807) is 28.9 Å². The molecule has 0 atom stereocenters. The molecule has 9 heteroatoms. The molecule has 0 amide bonds. The van der Waals surface area contributed by atoms with Gasteiger partial charge in [-0.1, -0.05) is 23.9 Å². The fourth-order valence-corrected chi connectivity index (χ4v) is 6.70. The molecular formula is C21H20N2O4S3. The molecule has 0 aliphatic rings. The molecule has 0 aliphatic carbocycles. The fraction of sp³-hybridized carbons (Fsp3) is 0.286. The maximum Gasteiger partial charge on any atom is 0.348 e. The smallest absolute Gasteiger partial charge is 0.348 e. The summed E-state index contributed by atoms with van der Waals surface area (Å²) in [6, 6.07) is 9.27. The third kappa shape index (κ3) is 4.02. The van der Waals surface area contributed by atoms with Crippen molar-refractivity contribution in [2.75, 3.05) is 13.2 Å². The molecule has 0 spiro atoms. The van der Waals surface area contributed by atoms with E-state index < -0.39 is 0 Å². The Bertz CT molecular complexity index is 1260. The van der Waals surface area contributed by atoms with Crippen molar-refractivity contribution in [3.63, 3.8) is 0 Å². The molecule has 3 heterocycles. The average molecular weight is 461 g/mol. The Morgan fingerprint density at radius 2 is 2.13 bits per heavy atom. The Balaban J connectivity index is 1.73. The minimum Gasteiger partial charge on any atom is -0.462 e. The van der Waals surface area contributed by atoms with E-state index in [0.717, 1.165) is 15.0 Å². The molecule has 1 aromatic carbocycles. The lowest BCUT2D eigenvalue weighted by atomic mass is 10.2. The summed E-state index contributed by atoms with van der Waals surface area (Å²) in [6.45, 7) is 2.50. The minimum absolute atomic E-state index is 0.00325. The number of ether oxygens (including phenoxy) is 1. The van der Waals surface area contributed by atoms with Gasteiger partial charge in [0.05, 0.1) is 17.5 Å². The van der Waals surface area contributed by atoms with E-state index in [1.807, 2.05) is 29.6 Å². The van der Waals surface area contributed by atoms with Crippen LogP contribution in [0.5, 0.6) is 0 Å².